The van der Waals surface area contributed by atoms with Crippen LogP contribution in [0.5, 0.6) is 11.5 Å². The third-order valence-corrected chi connectivity index (χ3v) is 3.26. The smallest absolute Gasteiger partial charge is 0.321 e. The van der Waals surface area contributed by atoms with Crippen molar-refractivity contribution in [3.63, 3.8) is 0 Å². The number of rotatable bonds is 5. The second-order valence-corrected chi connectivity index (χ2v) is 5.04. The SMILES string of the molecule is COc1ccccc1OCNC(=O)Nc1ccc(Cl)cc1Cl. The van der Waals surface area contributed by atoms with Crippen LogP contribution in [0.1, 0.15) is 0 Å². The molecule has 0 fully saturated rings. The van der Waals surface area contributed by atoms with Crippen molar-refractivity contribution in [3.8, 4) is 11.5 Å². The fraction of sp³-hybridized carbons (Fsp3) is 0.133. The van der Waals surface area contributed by atoms with E-state index in [2.05, 4.69) is 10.6 Å². The Kier molecular flexibility index (Phi) is 5.75. The third kappa shape index (κ3) is 4.44. The highest BCUT2D eigenvalue weighted by Gasteiger charge is 2.07. The molecule has 2 amide bonds. The van der Waals surface area contributed by atoms with Gasteiger partial charge in [-0.15, -0.1) is 0 Å². The zero-order chi connectivity index (χ0) is 15.9. The van der Waals surface area contributed by atoms with E-state index in [4.69, 9.17) is 32.7 Å². The van der Waals surface area contributed by atoms with Crippen LogP contribution in [0.2, 0.25) is 10.0 Å². The zero-order valence-corrected chi connectivity index (χ0v) is 13.2. The Bertz CT molecular complexity index is 665. The number of amides is 2. The highest BCUT2D eigenvalue weighted by atomic mass is 35.5. The highest BCUT2D eigenvalue weighted by Crippen LogP contribution is 2.26. The fourth-order valence-electron chi connectivity index (χ4n) is 1.67. The number of hydrogen-bond donors (Lipinski definition) is 2. The molecule has 0 aliphatic rings. The van der Waals surface area contributed by atoms with Gasteiger partial charge in [0.1, 0.15) is 0 Å². The van der Waals surface area contributed by atoms with Crippen LogP contribution >= 0.6 is 23.2 Å². The number of methoxy groups -OCH3 is 1. The summed E-state index contributed by atoms with van der Waals surface area (Å²) in [5.74, 6) is 1.13. The van der Waals surface area contributed by atoms with Crippen LogP contribution < -0.4 is 20.1 Å². The number of carbonyl (C=O) groups is 1. The van der Waals surface area contributed by atoms with Crippen molar-refractivity contribution in [2.75, 3.05) is 19.2 Å². The monoisotopic (exact) mass is 340 g/mol. The lowest BCUT2D eigenvalue weighted by Crippen LogP contribution is -2.32. The predicted molar refractivity (Wildman–Crippen MR) is 87.1 cm³/mol. The minimum atomic E-state index is -0.445. The van der Waals surface area contributed by atoms with E-state index in [1.807, 2.05) is 12.1 Å². The minimum Gasteiger partial charge on any atom is -0.493 e. The molecule has 5 nitrogen and oxygen atoms in total. The number of benzene rings is 2. The van der Waals surface area contributed by atoms with Gasteiger partial charge in [0.2, 0.25) is 0 Å². The Balaban J connectivity index is 1.85. The Morgan fingerprint density at radius 3 is 2.55 bits per heavy atom. The van der Waals surface area contributed by atoms with Crippen molar-refractivity contribution in [1.29, 1.82) is 0 Å². The molecule has 2 rings (SSSR count). The van der Waals surface area contributed by atoms with Crippen molar-refractivity contribution < 1.29 is 14.3 Å². The van der Waals surface area contributed by atoms with Crippen LogP contribution in [-0.2, 0) is 0 Å². The molecule has 0 radical (unpaired) electrons. The Labute approximate surface area is 138 Å². The second-order valence-electron chi connectivity index (χ2n) is 4.19. The van der Waals surface area contributed by atoms with Crippen LogP contribution in [-0.4, -0.2) is 19.9 Å². The molecule has 0 spiro atoms. The Morgan fingerprint density at radius 1 is 1.14 bits per heavy atom. The molecule has 0 saturated heterocycles. The molecule has 116 valence electrons. The zero-order valence-electron chi connectivity index (χ0n) is 11.7. The number of nitrogens with one attached hydrogen (secondary N) is 2. The molecule has 0 saturated carbocycles. The quantitative estimate of drug-likeness (QED) is 0.803. The summed E-state index contributed by atoms with van der Waals surface area (Å²) in [4.78, 5) is 11.8. The van der Waals surface area contributed by atoms with Crippen LogP contribution in [0.4, 0.5) is 10.5 Å². The summed E-state index contributed by atoms with van der Waals surface area (Å²) >= 11 is 11.8. The van der Waals surface area contributed by atoms with Gasteiger partial charge in [-0.25, -0.2) is 4.79 Å². The lowest BCUT2D eigenvalue weighted by molar-refractivity contribution is 0.231. The summed E-state index contributed by atoms with van der Waals surface area (Å²) in [6.07, 6.45) is 0. The molecule has 0 aliphatic carbocycles. The molecule has 0 bridgehead atoms. The van der Waals surface area contributed by atoms with Gasteiger partial charge in [-0.3, -0.25) is 0 Å². The first-order chi connectivity index (χ1) is 10.6. The molecule has 0 unspecified atom stereocenters. The lowest BCUT2D eigenvalue weighted by Gasteiger charge is -2.12. The number of anilines is 1. The molecular formula is C15H14Cl2N2O3. The van der Waals surface area contributed by atoms with Crippen molar-refractivity contribution in [1.82, 2.24) is 5.32 Å². The predicted octanol–water partition coefficient (Wildman–Crippen LogP) is 4.16. The van der Waals surface area contributed by atoms with Gasteiger partial charge in [0.15, 0.2) is 18.2 Å². The van der Waals surface area contributed by atoms with Crippen LogP contribution in [0.15, 0.2) is 42.5 Å². The average Bonchev–Trinajstić information content (AvgIpc) is 2.50. The Hall–Kier alpha value is -2.11. The van der Waals surface area contributed by atoms with Crippen LogP contribution in [0.25, 0.3) is 0 Å². The van der Waals surface area contributed by atoms with Crippen LogP contribution in [0, 0.1) is 0 Å². The first kappa shape index (κ1) is 16.3. The molecule has 0 aromatic heterocycles. The lowest BCUT2D eigenvalue weighted by atomic mass is 10.3. The molecule has 7 heteroatoms. The van der Waals surface area contributed by atoms with Gasteiger partial charge in [0.25, 0.3) is 0 Å². The summed E-state index contributed by atoms with van der Waals surface area (Å²) in [7, 11) is 1.55. The van der Waals surface area contributed by atoms with Gasteiger partial charge in [-0.2, -0.15) is 0 Å². The average molecular weight is 341 g/mol. The standard InChI is InChI=1S/C15H14Cl2N2O3/c1-21-13-4-2-3-5-14(13)22-9-18-15(20)19-12-7-6-10(16)8-11(12)17/h2-8H,9H2,1H3,(H2,18,19,20). The van der Waals surface area contributed by atoms with Gasteiger partial charge in [-0.05, 0) is 30.3 Å². The van der Waals surface area contributed by atoms with Crippen molar-refractivity contribution in [2.24, 2.45) is 0 Å². The summed E-state index contributed by atoms with van der Waals surface area (Å²) in [6.45, 7) is -0.0165. The van der Waals surface area contributed by atoms with E-state index in [1.165, 1.54) is 0 Å². The van der Waals surface area contributed by atoms with E-state index in [0.29, 0.717) is 27.2 Å². The van der Waals surface area contributed by atoms with Gasteiger partial charge in [0, 0.05) is 5.02 Å². The molecular weight excluding hydrogens is 327 g/mol. The van der Waals surface area contributed by atoms with E-state index >= 15 is 0 Å². The van der Waals surface area contributed by atoms with Crippen molar-refractivity contribution >= 4 is 34.9 Å². The maximum absolute atomic E-state index is 11.8. The first-order valence-electron chi connectivity index (χ1n) is 6.36. The van der Waals surface area contributed by atoms with Crippen LogP contribution in [0.3, 0.4) is 0 Å². The summed E-state index contributed by atoms with van der Waals surface area (Å²) in [6, 6.07) is 11.5. The van der Waals surface area contributed by atoms with E-state index < -0.39 is 6.03 Å². The topological polar surface area (TPSA) is 59.6 Å². The first-order valence-corrected chi connectivity index (χ1v) is 7.11. The van der Waals surface area contributed by atoms with E-state index in [-0.39, 0.29) is 6.73 Å². The second kappa shape index (κ2) is 7.77. The molecule has 0 heterocycles. The summed E-state index contributed by atoms with van der Waals surface area (Å²) < 4.78 is 10.6. The van der Waals surface area contributed by atoms with Crippen molar-refractivity contribution in [3.05, 3.63) is 52.5 Å². The number of ether oxygens (including phenoxy) is 2. The molecule has 0 aliphatic heterocycles. The van der Waals surface area contributed by atoms with E-state index in [0.717, 1.165) is 0 Å². The van der Waals surface area contributed by atoms with Gasteiger partial charge in [0.05, 0.1) is 17.8 Å². The number of hydrogen-bond acceptors (Lipinski definition) is 3. The van der Waals surface area contributed by atoms with Gasteiger partial charge < -0.3 is 20.1 Å². The summed E-state index contributed by atoms with van der Waals surface area (Å²) in [5.41, 5.74) is 0.459. The number of halogens is 2. The number of urea groups is 1. The molecule has 2 aromatic rings. The highest BCUT2D eigenvalue weighted by molar-refractivity contribution is 6.36. The Morgan fingerprint density at radius 2 is 1.86 bits per heavy atom. The maximum atomic E-state index is 11.8. The molecule has 22 heavy (non-hydrogen) atoms. The van der Waals surface area contributed by atoms with Crippen molar-refractivity contribution in [2.45, 2.75) is 0 Å². The van der Waals surface area contributed by atoms with Gasteiger partial charge in [-0.1, -0.05) is 35.3 Å². The van der Waals surface area contributed by atoms with Gasteiger partial charge >= 0.3 is 6.03 Å². The molecule has 2 N–H and O–H groups in total. The largest absolute Gasteiger partial charge is 0.493 e. The molecule has 2 aromatic carbocycles. The summed E-state index contributed by atoms with van der Waals surface area (Å²) in [5, 5.41) is 6.00. The normalized spacial score (nSPS) is 9.95. The molecule has 0 atom stereocenters. The van der Waals surface area contributed by atoms with E-state index in [9.17, 15) is 4.79 Å². The third-order valence-electron chi connectivity index (χ3n) is 2.71. The van der Waals surface area contributed by atoms with E-state index in [1.54, 1.807) is 37.4 Å². The minimum absolute atomic E-state index is 0.0165. The fourth-order valence-corrected chi connectivity index (χ4v) is 2.13. The number of carbonyl (C=O) groups excluding carboxylic acids is 1. The maximum Gasteiger partial charge on any atom is 0.321 e. The number of para-hydroxylation sites is 2.